The van der Waals surface area contributed by atoms with Crippen molar-refractivity contribution in [2.45, 2.75) is 19.9 Å². The number of hydrogen-bond donors (Lipinski definition) is 1. The zero-order valence-corrected chi connectivity index (χ0v) is 14.7. The van der Waals surface area contributed by atoms with Crippen LogP contribution in [-0.4, -0.2) is 21.3 Å². The van der Waals surface area contributed by atoms with Gasteiger partial charge in [0.05, 0.1) is 6.54 Å². The van der Waals surface area contributed by atoms with Crippen LogP contribution in [0.2, 0.25) is 5.02 Å². The van der Waals surface area contributed by atoms with E-state index in [1.54, 1.807) is 10.6 Å². The summed E-state index contributed by atoms with van der Waals surface area (Å²) in [6.45, 7) is 2.09. The molecule has 0 spiro atoms. The van der Waals surface area contributed by atoms with Crippen molar-refractivity contribution >= 4 is 11.6 Å². The van der Waals surface area contributed by atoms with Crippen LogP contribution in [0.4, 0.5) is 0 Å². The molecule has 1 aromatic heterocycles. The molecule has 1 N–H and O–H groups in total. The Bertz CT molecular complexity index is 936. The van der Waals surface area contributed by atoms with Gasteiger partial charge in [0.15, 0.2) is 0 Å². The summed E-state index contributed by atoms with van der Waals surface area (Å²) in [5.74, 6) is 0.616. The summed E-state index contributed by atoms with van der Waals surface area (Å²) >= 11 is 6.08. The van der Waals surface area contributed by atoms with Crippen molar-refractivity contribution in [1.29, 1.82) is 0 Å². The van der Waals surface area contributed by atoms with Gasteiger partial charge in [0.2, 0.25) is 0 Å². The number of aromatic nitrogens is 2. The van der Waals surface area contributed by atoms with Crippen LogP contribution in [0, 0.1) is 6.92 Å². The number of benzene rings is 2. The fourth-order valence-corrected chi connectivity index (χ4v) is 3.09. The number of aliphatic hydroxyl groups excluding tert-OH is 1. The van der Waals surface area contributed by atoms with Crippen molar-refractivity contribution in [2.75, 3.05) is 6.61 Å². The highest BCUT2D eigenvalue weighted by molar-refractivity contribution is 6.30. The van der Waals surface area contributed by atoms with Crippen LogP contribution in [0.5, 0.6) is 0 Å². The van der Waals surface area contributed by atoms with E-state index in [0.29, 0.717) is 35.1 Å². The Balaban J connectivity index is 2.19. The van der Waals surface area contributed by atoms with Gasteiger partial charge in [0.1, 0.15) is 5.82 Å². The lowest BCUT2D eigenvalue weighted by Gasteiger charge is -2.16. The minimum atomic E-state index is -0.125. The van der Waals surface area contributed by atoms with Crippen LogP contribution in [0.15, 0.2) is 59.4 Å². The van der Waals surface area contributed by atoms with Gasteiger partial charge in [-0.05, 0) is 24.6 Å². The van der Waals surface area contributed by atoms with Crippen molar-refractivity contribution in [3.05, 3.63) is 86.8 Å². The molecule has 0 aliphatic rings. The lowest BCUT2D eigenvalue weighted by Crippen LogP contribution is -2.29. The van der Waals surface area contributed by atoms with Crippen molar-refractivity contribution in [3.63, 3.8) is 0 Å². The largest absolute Gasteiger partial charge is 0.396 e. The Morgan fingerprint density at radius 2 is 1.88 bits per heavy atom. The van der Waals surface area contributed by atoms with Crippen LogP contribution in [0.25, 0.3) is 11.4 Å². The van der Waals surface area contributed by atoms with E-state index < -0.39 is 0 Å². The normalized spacial score (nSPS) is 10.8. The third kappa shape index (κ3) is 3.81. The number of rotatable bonds is 5. The van der Waals surface area contributed by atoms with Gasteiger partial charge in [0.25, 0.3) is 5.56 Å². The van der Waals surface area contributed by atoms with E-state index in [9.17, 15) is 9.90 Å². The summed E-state index contributed by atoms with van der Waals surface area (Å²) in [4.78, 5) is 17.7. The molecule has 0 atom stereocenters. The van der Waals surface area contributed by atoms with Gasteiger partial charge < -0.3 is 5.11 Å². The lowest BCUT2D eigenvalue weighted by atomic mass is 10.1. The molecule has 0 saturated carbocycles. The van der Waals surface area contributed by atoms with Gasteiger partial charge in [-0.25, -0.2) is 4.98 Å². The SMILES string of the molecule is Cc1nc(-c2ccccc2)n(Cc2cccc(Cl)c2)c(=O)c1CCO. The molecule has 0 radical (unpaired) electrons. The van der Waals surface area contributed by atoms with Gasteiger partial charge in [-0.1, -0.05) is 54.1 Å². The van der Waals surface area contributed by atoms with E-state index in [1.807, 2.05) is 55.5 Å². The second-order valence-electron chi connectivity index (χ2n) is 5.86. The Labute approximate surface area is 151 Å². The number of nitrogens with zero attached hydrogens (tertiary/aromatic N) is 2. The summed E-state index contributed by atoms with van der Waals surface area (Å²) in [6.07, 6.45) is 0.294. The Hall–Kier alpha value is -2.43. The second kappa shape index (κ2) is 7.64. The minimum absolute atomic E-state index is 0.0837. The van der Waals surface area contributed by atoms with E-state index in [4.69, 9.17) is 11.6 Å². The van der Waals surface area contributed by atoms with Gasteiger partial charge >= 0.3 is 0 Å². The fraction of sp³-hybridized carbons (Fsp3) is 0.200. The maximum atomic E-state index is 13.0. The molecule has 2 aromatic carbocycles. The molecule has 5 heteroatoms. The van der Waals surface area contributed by atoms with Crippen molar-refractivity contribution < 1.29 is 5.11 Å². The number of aryl methyl sites for hydroxylation is 1. The zero-order chi connectivity index (χ0) is 17.8. The molecule has 0 unspecified atom stereocenters. The van der Waals surface area contributed by atoms with E-state index in [-0.39, 0.29) is 12.2 Å². The minimum Gasteiger partial charge on any atom is -0.396 e. The molecule has 4 nitrogen and oxygen atoms in total. The maximum Gasteiger partial charge on any atom is 0.257 e. The molecule has 0 amide bonds. The van der Waals surface area contributed by atoms with Crippen LogP contribution in [0.1, 0.15) is 16.8 Å². The van der Waals surface area contributed by atoms with Crippen LogP contribution in [-0.2, 0) is 13.0 Å². The highest BCUT2D eigenvalue weighted by atomic mass is 35.5. The van der Waals surface area contributed by atoms with Crippen molar-refractivity contribution in [1.82, 2.24) is 9.55 Å². The summed E-state index contributed by atoms with van der Waals surface area (Å²) in [5, 5.41) is 9.91. The molecule has 0 aliphatic carbocycles. The monoisotopic (exact) mass is 354 g/mol. The second-order valence-corrected chi connectivity index (χ2v) is 6.30. The van der Waals surface area contributed by atoms with Crippen LogP contribution >= 0.6 is 11.6 Å². The molecule has 1 heterocycles. The molecule has 0 fully saturated rings. The smallest absolute Gasteiger partial charge is 0.257 e. The number of hydrogen-bond acceptors (Lipinski definition) is 3. The highest BCUT2D eigenvalue weighted by Gasteiger charge is 2.15. The summed E-state index contributed by atoms with van der Waals surface area (Å²) in [7, 11) is 0. The molecule has 128 valence electrons. The first-order valence-corrected chi connectivity index (χ1v) is 8.49. The first-order chi connectivity index (χ1) is 12.1. The average Bonchev–Trinajstić information content (AvgIpc) is 2.61. The molecule has 0 bridgehead atoms. The van der Waals surface area contributed by atoms with E-state index >= 15 is 0 Å². The van der Waals surface area contributed by atoms with Gasteiger partial charge in [-0.3, -0.25) is 9.36 Å². The predicted molar refractivity (Wildman–Crippen MR) is 100 cm³/mol. The topological polar surface area (TPSA) is 55.1 Å². The van der Waals surface area contributed by atoms with E-state index in [0.717, 1.165) is 11.1 Å². The quantitative estimate of drug-likeness (QED) is 0.763. The molecule has 0 saturated heterocycles. The molecule has 3 rings (SSSR count). The predicted octanol–water partition coefficient (Wildman–Crippen LogP) is 3.46. The fourth-order valence-electron chi connectivity index (χ4n) is 2.87. The first kappa shape index (κ1) is 17.4. The van der Waals surface area contributed by atoms with E-state index in [1.165, 1.54) is 0 Å². The number of halogens is 1. The summed E-state index contributed by atoms with van der Waals surface area (Å²) in [6, 6.07) is 17.1. The average molecular weight is 355 g/mol. The lowest BCUT2D eigenvalue weighted by molar-refractivity contribution is 0.298. The molecular weight excluding hydrogens is 336 g/mol. The zero-order valence-electron chi connectivity index (χ0n) is 13.9. The maximum absolute atomic E-state index is 13.0. The summed E-state index contributed by atoms with van der Waals surface area (Å²) in [5.41, 5.74) is 2.87. The van der Waals surface area contributed by atoms with Gasteiger partial charge in [-0.15, -0.1) is 0 Å². The molecule has 3 aromatic rings. The highest BCUT2D eigenvalue weighted by Crippen LogP contribution is 2.19. The van der Waals surface area contributed by atoms with Crippen LogP contribution in [0.3, 0.4) is 0 Å². The van der Waals surface area contributed by atoms with Crippen molar-refractivity contribution in [2.24, 2.45) is 0 Å². The van der Waals surface area contributed by atoms with Crippen molar-refractivity contribution in [3.8, 4) is 11.4 Å². The van der Waals surface area contributed by atoms with Gasteiger partial charge in [0, 0.05) is 34.9 Å². The van der Waals surface area contributed by atoms with E-state index in [2.05, 4.69) is 4.98 Å². The third-order valence-electron chi connectivity index (χ3n) is 4.09. The standard InChI is InChI=1S/C20H19ClN2O2/c1-14-18(10-11-24)20(25)23(13-15-6-5-9-17(21)12-15)19(22-14)16-7-3-2-4-8-16/h2-9,12,24H,10-11,13H2,1H3. The van der Waals surface area contributed by atoms with Gasteiger partial charge in [-0.2, -0.15) is 0 Å². The molecular formula is C20H19ClN2O2. The molecule has 0 aliphatic heterocycles. The first-order valence-electron chi connectivity index (χ1n) is 8.11. The Morgan fingerprint density at radius 3 is 2.56 bits per heavy atom. The molecule has 25 heavy (non-hydrogen) atoms. The third-order valence-corrected chi connectivity index (χ3v) is 4.33. The van der Waals surface area contributed by atoms with Crippen LogP contribution < -0.4 is 5.56 Å². The summed E-state index contributed by atoms with van der Waals surface area (Å²) < 4.78 is 1.65. The Morgan fingerprint density at radius 1 is 1.12 bits per heavy atom. The Kier molecular flexibility index (Phi) is 5.31. The number of aliphatic hydroxyl groups is 1.